The number of thioether (sulfide) groups is 1. The first-order valence-electron chi connectivity index (χ1n) is 11.1. The van der Waals surface area contributed by atoms with Crippen molar-refractivity contribution in [1.82, 2.24) is 10.2 Å². The normalized spacial score (nSPS) is 20.5. The molecule has 1 saturated heterocycles. The Labute approximate surface area is 220 Å². The summed E-state index contributed by atoms with van der Waals surface area (Å²) in [6.07, 6.45) is -0.940. The van der Waals surface area contributed by atoms with Crippen molar-refractivity contribution in [1.29, 1.82) is 0 Å². The monoisotopic (exact) mass is 547 g/mol. The van der Waals surface area contributed by atoms with Gasteiger partial charge >= 0.3 is 12.1 Å². The Balaban J connectivity index is 1.54. The van der Waals surface area contributed by atoms with E-state index in [0.29, 0.717) is 16.9 Å². The molecule has 2 atom stereocenters. The van der Waals surface area contributed by atoms with Gasteiger partial charge in [0.1, 0.15) is 30.0 Å². The lowest BCUT2D eigenvalue weighted by Gasteiger charge is -2.55. The number of primary amides is 1. The maximum atomic E-state index is 13.4. The van der Waals surface area contributed by atoms with Crippen molar-refractivity contribution in [2.75, 3.05) is 26.6 Å². The first-order chi connectivity index (χ1) is 17.8. The zero-order chi connectivity index (χ0) is 26.6. The van der Waals surface area contributed by atoms with Gasteiger partial charge in [-0.15, -0.1) is 23.1 Å². The van der Waals surface area contributed by atoms with Gasteiger partial charge in [-0.3, -0.25) is 14.5 Å². The molecule has 0 aliphatic carbocycles. The molecule has 196 valence electrons. The van der Waals surface area contributed by atoms with E-state index >= 15 is 0 Å². The predicted octanol–water partition coefficient (Wildman–Crippen LogP) is 1.77. The lowest BCUT2D eigenvalue weighted by molar-refractivity contribution is -0.193. The third-order valence-corrected chi connectivity index (χ3v) is 8.03. The Kier molecular flexibility index (Phi) is 8.05. The number of methoxy groups -OCH3 is 2. The van der Waals surface area contributed by atoms with Crippen LogP contribution in [0.1, 0.15) is 10.4 Å². The molecule has 0 unspecified atom stereocenters. The zero-order valence-electron chi connectivity index (χ0n) is 20.1. The minimum Gasteiger partial charge on any atom is -0.497 e. The first kappa shape index (κ1) is 26.5. The molecule has 2 aliphatic heterocycles. The van der Waals surface area contributed by atoms with Crippen LogP contribution >= 0.6 is 23.1 Å². The Bertz CT molecular complexity index is 1220. The second-order valence-electron chi connectivity index (χ2n) is 8.07. The third-order valence-electron chi connectivity index (χ3n) is 5.78. The topological polar surface area (TPSA) is 146 Å². The van der Waals surface area contributed by atoms with Crippen LogP contribution < -0.4 is 15.8 Å². The van der Waals surface area contributed by atoms with E-state index < -0.39 is 35.0 Å². The molecule has 0 saturated carbocycles. The minimum atomic E-state index is -1.66. The molecule has 0 radical (unpaired) electrons. The number of rotatable bonds is 10. The average Bonchev–Trinajstić information content (AvgIpc) is 3.41. The van der Waals surface area contributed by atoms with Gasteiger partial charge in [-0.2, -0.15) is 0 Å². The standard InChI is InChI=1S/C24H25N3O8S2/c1-32-16-7-5-14(6-8-16)11-34-20(29)19-15(12-35-23(25)31)13-37-22-24(33-2,21(30)27(19)22)26-18(28)10-17-4-3-9-36-17/h3-9,22H,10-13H2,1-2H3,(H2,25,31)(H,26,28)/t22-,24+/m1/s1. The molecule has 2 aromatic rings. The summed E-state index contributed by atoms with van der Waals surface area (Å²) in [5.74, 6) is -0.958. The van der Waals surface area contributed by atoms with E-state index in [1.807, 2.05) is 17.5 Å². The van der Waals surface area contributed by atoms with Gasteiger partial charge in [0.05, 0.1) is 13.5 Å². The third kappa shape index (κ3) is 5.43. The van der Waals surface area contributed by atoms with Crippen LogP contribution in [0.4, 0.5) is 4.79 Å². The maximum Gasteiger partial charge on any atom is 0.404 e. The summed E-state index contributed by atoms with van der Waals surface area (Å²) >= 11 is 2.68. The molecule has 0 spiro atoms. The number of fused-ring (bicyclic) bond motifs is 1. The molecule has 13 heteroatoms. The first-order valence-corrected chi connectivity index (χ1v) is 13.0. The summed E-state index contributed by atoms with van der Waals surface area (Å²) in [5.41, 5.74) is 4.43. The van der Waals surface area contributed by atoms with E-state index in [4.69, 9.17) is 24.7 Å². The number of carbonyl (C=O) groups excluding carboxylic acids is 4. The zero-order valence-corrected chi connectivity index (χ0v) is 21.7. The number of ether oxygens (including phenoxy) is 4. The Morgan fingerprint density at radius 1 is 1.14 bits per heavy atom. The van der Waals surface area contributed by atoms with E-state index in [9.17, 15) is 19.2 Å². The van der Waals surface area contributed by atoms with E-state index in [1.165, 1.54) is 35.1 Å². The molecular weight excluding hydrogens is 522 g/mol. The molecule has 11 nitrogen and oxygen atoms in total. The van der Waals surface area contributed by atoms with Crippen LogP contribution in [-0.4, -0.2) is 66.5 Å². The van der Waals surface area contributed by atoms with Crippen LogP contribution in [0.15, 0.2) is 53.0 Å². The average molecular weight is 548 g/mol. The second-order valence-corrected chi connectivity index (χ2v) is 10.2. The highest BCUT2D eigenvalue weighted by atomic mass is 32.2. The Morgan fingerprint density at radius 3 is 2.51 bits per heavy atom. The highest BCUT2D eigenvalue weighted by molar-refractivity contribution is 8.00. The van der Waals surface area contributed by atoms with Crippen molar-refractivity contribution in [3.63, 3.8) is 0 Å². The van der Waals surface area contributed by atoms with Crippen molar-refractivity contribution in [3.05, 3.63) is 63.5 Å². The van der Waals surface area contributed by atoms with E-state index in [0.717, 1.165) is 4.88 Å². The number of carbonyl (C=O) groups is 4. The van der Waals surface area contributed by atoms with Gasteiger partial charge in [0.15, 0.2) is 0 Å². The Morgan fingerprint density at radius 2 is 1.89 bits per heavy atom. The Hall–Kier alpha value is -3.55. The highest BCUT2D eigenvalue weighted by Gasteiger charge is 2.66. The molecule has 4 rings (SSSR count). The molecule has 1 aromatic carbocycles. The van der Waals surface area contributed by atoms with Crippen molar-refractivity contribution in [2.24, 2.45) is 5.73 Å². The van der Waals surface area contributed by atoms with Crippen LogP contribution in [0.2, 0.25) is 0 Å². The van der Waals surface area contributed by atoms with Crippen LogP contribution in [0.25, 0.3) is 0 Å². The smallest absolute Gasteiger partial charge is 0.404 e. The summed E-state index contributed by atoms with van der Waals surface area (Å²) in [6, 6.07) is 10.6. The van der Waals surface area contributed by atoms with Crippen molar-refractivity contribution in [3.8, 4) is 5.75 Å². The van der Waals surface area contributed by atoms with E-state index in [-0.39, 0.29) is 31.1 Å². The number of nitrogens with two attached hydrogens (primary N) is 1. The summed E-state index contributed by atoms with van der Waals surface area (Å²) < 4.78 is 21.0. The van der Waals surface area contributed by atoms with Crippen molar-refractivity contribution in [2.45, 2.75) is 24.1 Å². The summed E-state index contributed by atoms with van der Waals surface area (Å²) in [4.78, 5) is 52.6. The molecule has 37 heavy (non-hydrogen) atoms. The van der Waals surface area contributed by atoms with Gasteiger partial charge in [0, 0.05) is 23.3 Å². The number of nitrogens with one attached hydrogen (secondary N) is 1. The van der Waals surface area contributed by atoms with Crippen LogP contribution in [0.5, 0.6) is 5.75 Å². The summed E-state index contributed by atoms with van der Waals surface area (Å²) in [7, 11) is 2.86. The summed E-state index contributed by atoms with van der Waals surface area (Å²) in [5, 5.41) is 3.82. The van der Waals surface area contributed by atoms with Crippen molar-refractivity contribution < 1.29 is 38.1 Å². The molecule has 3 heterocycles. The van der Waals surface area contributed by atoms with Gasteiger partial charge in [0.2, 0.25) is 5.91 Å². The fourth-order valence-electron chi connectivity index (χ4n) is 3.96. The van der Waals surface area contributed by atoms with E-state index in [1.54, 1.807) is 31.4 Å². The number of amides is 3. The van der Waals surface area contributed by atoms with Gasteiger partial charge in [-0.25, -0.2) is 9.59 Å². The quantitative estimate of drug-likeness (QED) is 0.258. The van der Waals surface area contributed by atoms with Crippen molar-refractivity contribution >= 4 is 47.0 Å². The van der Waals surface area contributed by atoms with Gasteiger partial charge in [-0.1, -0.05) is 18.2 Å². The summed E-state index contributed by atoms with van der Waals surface area (Å²) in [6.45, 7) is -0.361. The number of benzene rings is 1. The van der Waals surface area contributed by atoms with E-state index in [2.05, 4.69) is 5.32 Å². The largest absolute Gasteiger partial charge is 0.497 e. The molecular formula is C24H25N3O8S2. The fraction of sp³-hybridized carbons (Fsp3) is 0.333. The number of β-lactam (4-membered cyclic amide) rings is 1. The SMILES string of the molecule is COc1ccc(COC(=O)C2=C(COC(N)=O)CS[C@H]3N2C(=O)[C@]3(NC(=O)Cc2cccs2)OC)cc1. The lowest BCUT2D eigenvalue weighted by atomic mass is 9.98. The predicted molar refractivity (Wildman–Crippen MR) is 134 cm³/mol. The number of esters is 1. The van der Waals surface area contributed by atoms with Crippen LogP contribution in [0, 0.1) is 0 Å². The fourth-order valence-corrected chi connectivity index (χ4v) is 6.09. The highest BCUT2D eigenvalue weighted by Crippen LogP contribution is 2.47. The molecule has 3 amide bonds. The molecule has 3 N–H and O–H groups in total. The maximum absolute atomic E-state index is 13.4. The lowest BCUT2D eigenvalue weighted by Crippen LogP contribution is -2.80. The number of hydrogen-bond acceptors (Lipinski definition) is 10. The molecule has 1 aromatic heterocycles. The molecule has 2 aliphatic rings. The number of hydrogen-bond donors (Lipinski definition) is 2. The molecule has 0 bridgehead atoms. The molecule has 1 fully saturated rings. The van der Waals surface area contributed by atoms with Gasteiger partial charge in [0.25, 0.3) is 11.6 Å². The second kappa shape index (κ2) is 11.2. The van der Waals surface area contributed by atoms with Crippen LogP contribution in [-0.2, 0) is 41.6 Å². The number of nitrogens with zero attached hydrogens (tertiary/aromatic N) is 1. The van der Waals surface area contributed by atoms with Gasteiger partial charge in [-0.05, 0) is 29.1 Å². The van der Waals surface area contributed by atoms with Gasteiger partial charge < -0.3 is 30.0 Å². The number of thiophene rings is 1. The van der Waals surface area contributed by atoms with Crippen LogP contribution in [0.3, 0.4) is 0 Å². The minimum absolute atomic E-state index is 0.0660.